The van der Waals surface area contributed by atoms with Gasteiger partial charge in [0, 0.05) is 31.6 Å². The van der Waals surface area contributed by atoms with Gasteiger partial charge < -0.3 is 19.7 Å². The van der Waals surface area contributed by atoms with Crippen LogP contribution in [0.2, 0.25) is 0 Å². The number of ether oxygens (including phenoxy) is 2. The summed E-state index contributed by atoms with van der Waals surface area (Å²) in [4.78, 5) is 21.2. The van der Waals surface area contributed by atoms with Crippen molar-refractivity contribution in [3.05, 3.63) is 23.9 Å². The number of hydrogen-bond donors (Lipinski definition) is 2. The van der Waals surface area contributed by atoms with Crippen LogP contribution >= 0.6 is 0 Å². The Morgan fingerprint density at radius 2 is 1.24 bits per heavy atom. The van der Waals surface area contributed by atoms with Crippen LogP contribution in [0.5, 0.6) is 0 Å². The van der Waals surface area contributed by atoms with Crippen LogP contribution in [0.4, 0.5) is 0 Å². The third-order valence-corrected chi connectivity index (χ3v) is 2.97. The summed E-state index contributed by atoms with van der Waals surface area (Å²) in [5, 5.41) is 31.7. The molecule has 25 heavy (non-hydrogen) atoms. The van der Waals surface area contributed by atoms with Gasteiger partial charge in [0.1, 0.15) is 0 Å². The summed E-state index contributed by atoms with van der Waals surface area (Å²) in [7, 11) is 0. The molecule has 0 spiro atoms. The maximum atomic E-state index is 10.6. The van der Waals surface area contributed by atoms with Gasteiger partial charge >= 0.3 is 11.9 Å². The summed E-state index contributed by atoms with van der Waals surface area (Å²) in [6.45, 7) is 7.44. The zero-order chi connectivity index (χ0) is 18.4. The number of carbonyl (C=O) groups is 2. The maximum Gasteiger partial charge on any atom is 0.337 e. The number of carboxylic acid groups (broad SMARTS) is 2. The smallest absolute Gasteiger partial charge is 0.337 e. The summed E-state index contributed by atoms with van der Waals surface area (Å²) in [6, 6.07) is 0. The Kier molecular flexibility index (Phi) is 8.55. The van der Waals surface area contributed by atoms with Crippen molar-refractivity contribution in [2.45, 2.75) is 38.8 Å². The molecule has 134 valence electrons. The summed E-state index contributed by atoms with van der Waals surface area (Å²) in [6.07, 6.45) is 2.78. The molecular formula is C14H20N4O6Zn. The van der Waals surface area contributed by atoms with E-state index < -0.39 is 23.0 Å². The standard InChI is InChI=1S/2C7H10N2O3.Zn/c2*1-3-12-5-4-7(2,6(10)11)9-8-5;/h2*4H,3H2,1-2H3,(H,10,11);. The van der Waals surface area contributed by atoms with Crippen LogP contribution in [0.25, 0.3) is 0 Å². The van der Waals surface area contributed by atoms with E-state index in [9.17, 15) is 9.59 Å². The SMILES string of the molecule is CCOC1=CC(C)(C(=O)O)N=N1.CCOC1=CC(C)(C(=O)O)N=N1.[Zn]. The fourth-order valence-electron chi connectivity index (χ4n) is 1.55. The molecule has 0 aromatic carbocycles. The van der Waals surface area contributed by atoms with Gasteiger partial charge in [0.05, 0.1) is 13.2 Å². The van der Waals surface area contributed by atoms with Crippen molar-refractivity contribution in [2.24, 2.45) is 20.5 Å². The molecule has 2 heterocycles. The Bertz CT molecular complexity index is 579. The van der Waals surface area contributed by atoms with Crippen molar-refractivity contribution in [2.75, 3.05) is 13.2 Å². The molecule has 10 nitrogen and oxygen atoms in total. The van der Waals surface area contributed by atoms with E-state index in [0.29, 0.717) is 13.2 Å². The van der Waals surface area contributed by atoms with Crippen molar-refractivity contribution in [1.82, 2.24) is 0 Å². The van der Waals surface area contributed by atoms with Gasteiger partial charge in [0.25, 0.3) is 0 Å². The first kappa shape index (κ1) is 22.8. The van der Waals surface area contributed by atoms with E-state index in [2.05, 4.69) is 20.5 Å². The number of aliphatic carboxylic acids is 2. The molecule has 2 unspecified atom stereocenters. The Balaban J connectivity index is 0.000000443. The number of rotatable bonds is 6. The van der Waals surface area contributed by atoms with Crippen molar-refractivity contribution < 1.29 is 48.8 Å². The maximum absolute atomic E-state index is 10.6. The monoisotopic (exact) mass is 404 g/mol. The second-order valence-corrected chi connectivity index (χ2v) is 5.14. The van der Waals surface area contributed by atoms with Gasteiger partial charge in [-0.3, -0.25) is 0 Å². The Labute approximate surface area is 157 Å². The molecule has 0 amide bonds. The van der Waals surface area contributed by atoms with Crippen molar-refractivity contribution in [3.63, 3.8) is 0 Å². The minimum absolute atomic E-state index is 0. The first-order valence-corrected chi connectivity index (χ1v) is 7.20. The number of hydrogen-bond acceptors (Lipinski definition) is 8. The summed E-state index contributed by atoms with van der Waals surface area (Å²) >= 11 is 0. The van der Waals surface area contributed by atoms with E-state index in [1.165, 1.54) is 26.0 Å². The van der Waals surface area contributed by atoms with Gasteiger partial charge in [-0.25, -0.2) is 9.59 Å². The first-order chi connectivity index (χ1) is 11.2. The average molecular weight is 406 g/mol. The topological polar surface area (TPSA) is 142 Å². The largest absolute Gasteiger partial charge is 0.479 e. The predicted octanol–water partition coefficient (Wildman–Crippen LogP) is 2.34. The summed E-state index contributed by atoms with van der Waals surface area (Å²) in [5.74, 6) is -1.49. The van der Waals surface area contributed by atoms with Crippen molar-refractivity contribution in [1.29, 1.82) is 0 Å². The van der Waals surface area contributed by atoms with E-state index in [1.807, 2.05) is 0 Å². The van der Waals surface area contributed by atoms with Crippen LogP contribution in [0.1, 0.15) is 27.7 Å². The molecule has 0 saturated heterocycles. The molecule has 2 N–H and O–H groups in total. The fourth-order valence-corrected chi connectivity index (χ4v) is 1.55. The van der Waals surface area contributed by atoms with Crippen LogP contribution in [0.3, 0.4) is 0 Å². The van der Waals surface area contributed by atoms with Crippen LogP contribution in [-0.2, 0) is 38.5 Å². The molecule has 0 saturated carbocycles. The third-order valence-electron chi connectivity index (χ3n) is 2.97. The van der Waals surface area contributed by atoms with Gasteiger partial charge in [0.2, 0.25) is 11.8 Å². The van der Waals surface area contributed by atoms with Crippen molar-refractivity contribution in [3.8, 4) is 0 Å². The molecular weight excluding hydrogens is 386 g/mol. The van der Waals surface area contributed by atoms with Gasteiger partial charge in [-0.15, -0.1) is 10.2 Å². The average Bonchev–Trinajstić information content (AvgIpc) is 3.06. The molecule has 2 aliphatic heterocycles. The van der Waals surface area contributed by atoms with E-state index in [4.69, 9.17) is 19.7 Å². The van der Waals surface area contributed by atoms with Crippen LogP contribution < -0.4 is 0 Å². The number of nitrogens with zero attached hydrogens (tertiary/aromatic N) is 4. The summed E-state index contributed by atoms with van der Waals surface area (Å²) in [5.41, 5.74) is -2.49. The second kappa shape index (κ2) is 9.36. The van der Waals surface area contributed by atoms with Gasteiger partial charge in [-0.05, 0) is 27.7 Å². The Morgan fingerprint density at radius 3 is 1.44 bits per heavy atom. The van der Waals surface area contributed by atoms with Crippen molar-refractivity contribution >= 4 is 11.9 Å². The zero-order valence-electron chi connectivity index (χ0n) is 14.6. The van der Waals surface area contributed by atoms with Gasteiger partial charge in [-0.1, -0.05) is 0 Å². The van der Waals surface area contributed by atoms with Crippen LogP contribution in [0, 0.1) is 0 Å². The first-order valence-electron chi connectivity index (χ1n) is 7.20. The Morgan fingerprint density at radius 1 is 0.920 bits per heavy atom. The van der Waals surface area contributed by atoms with E-state index in [1.54, 1.807) is 13.8 Å². The third kappa shape index (κ3) is 6.01. The zero-order valence-corrected chi connectivity index (χ0v) is 17.6. The molecule has 0 aromatic rings. The molecule has 0 aromatic heterocycles. The number of carboxylic acids is 2. The van der Waals surface area contributed by atoms with E-state index in [0.717, 1.165) is 0 Å². The van der Waals surface area contributed by atoms with E-state index in [-0.39, 0.29) is 31.2 Å². The Hall–Kier alpha value is -2.16. The molecule has 11 heteroatoms. The van der Waals surface area contributed by atoms with Crippen LogP contribution in [0.15, 0.2) is 44.4 Å². The summed E-state index contributed by atoms with van der Waals surface area (Å²) < 4.78 is 9.97. The molecule has 0 fully saturated rings. The minimum atomic E-state index is -1.25. The molecule has 2 rings (SSSR count). The van der Waals surface area contributed by atoms with E-state index >= 15 is 0 Å². The fraction of sp³-hybridized carbons (Fsp3) is 0.571. The molecule has 0 radical (unpaired) electrons. The molecule has 0 aliphatic carbocycles. The minimum Gasteiger partial charge on any atom is -0.479 e. The molecule has 2 atom stereocenters. The quantitative estimate of drug-likeness (QED) is 0.649. The van der Waals surface area contributed by atoms with Crippen LogP contribution in [-0.4, -0.2) is 46.4 Å². The molecule has 0 bridgehead atoms. The predicted molar refractivity (Wildman–Crippen MR) is 81.2 cm³/mol. The normalized spacial score (nSPS) is 25.9. The van der Waals surface area contributed by atoms with Gasteiger partial charge in [0.15, 0.2) is 11.1 Å². The molecule has 2 aliphatic rings. The number of azo groups is 2. The van der Waals surface area contributed by atoms with Gasteiger partial charge in [-0.2, -0.15) is 10.2 Å². The second-order valence-electron chi connectivity index (χ2n) is 5.14.